The number of fused-ring (bicyclic) bond motifs is 1. The minimum absolute atomic E-state index is 0.131. The number of carbonyl (C=O) groups excluding carboxylic acids is 1. The zero-order valence-electron chi connectivity index (χ0n) is 10.0. The van der Waals surface area contributed by atoms with Crippen molar-refractivity contribution in [2.24, 2.45) is 0 Å². The molecule has 0 atom stereocenters. The number of anilines is 1. The van der Waals surface area contributed by atoms with Crippen molar-refractivity contribution in [3.05, 3.63) is 40.6 Å². The first-order chi connectivity index (χ1) is 9.28. The second-order valence-corrected chi connectivity index (χ2v) is 5.74. The highest BCUT2D eigenvalue weighted by atomic mass is 32.1. The molecule has 0 unspecified atom stereocenters. The zero-order chi connectivity index (χ0) is 13.2. The standard InChI is InChI=1S/C13H10N2O2S2/c1-17-8-4-2-5-9-11(8)14-13(19-9)15-12(16)10-6-3-7-18-10/h2-7H,1H3,(H,14,15,16). The fraction of sp³-hybridized carbons (Fsp3) is 0.0769. The molecule has 19 heavy (non-hydrogen) atoms. The summed E-state index contributed by atoms with van der Waals surface area (Å²) in [6.45, 7) is 0. The van der Waals surface area contributed by atoms with E-state index >= 15 is 0 Å². The Balaban J connectivity index is 1.92. The van der Waals surface area contributed by atoms with Gasteiger partial charge in [0.1, 0.15) is 11.3 Å². The average Bonchev–Trinajstić information content (AvgIpc) is 3.06. The van der Waals surface area contributed by atoms with E-state index in [0.717, 1.165) is 10.2 Å². The van der Waals surface area contributed by atoms with Gasteiger partial charge in [-0.1, -0.05) is 23.5 Å². The van der Waals surface area contributed by atoms with Crippen LogP contribution in [0.15, 0.2) is 35.7 Å². The normalized spacial score (nSPS) is 10.6. The lowest BCUT2D eigenvalue weighted by Gasteiger charge is -1.98. The van der Waals surface area contributed by atoms with Gasteiger partial charge in [0, 0.05) is 0 Å². The van der Waals surface area contributed by atoms with Crippen LogP contribution < -0.4 is 10.1 Å². The van der Waals surface area contributed by atoms with Gasteiger partial charge >= 0.3 is 0 Å². The highest BCUT2D eigenvalue weighted by Gasteiger charge is 2.12. The van der Waals surface area contributed by atoms with Crippen LogP contribution in [0.25, 0.3) is 10.2 Å². The van der Waals surface area contributed by atoms with Gasteiger partial charge < -0.3 is 4.74 Å². The fourth-order valence-electron chi connectivity index (χ4n) is 1.71. The van der Waals surface area contributed by atoms with Crippen molar-refractivity contribution in [2.75, 3.05) is 12.4 Å². The highest BCUT2D eigenvalue weighted by Crippen LogP contribution is 2.32. The van der Waals surface area contributed by atoms with E-state index in [1.54, 1.807) is 13.2 Å². The number of thiophene rings is 1. The first-order valence-corrected chi connectivity index (χ1v) is 7.26. The summed E-state index contributed by atoms with van der Waals surface area (Å²) < 4.78 is 6.24. The van der Waals surface area contributed by atoms with Crippen LogP contribution in [0.2, 0.25) is 0 Å². The fourth-order valence-corrected chi connectivity index (χ4v) is 3.21. The molecule has 4 nitrogen and oxygen atoms in total. The molecule has 2 aromatic heterocycles. The van der Waals surface area contributed by atoms with Crippen LogP contribution in [0.1, 0.15) is 9.67 Å². The van der Waals surface area contributed by atoms with Crippen molar-refractivity contribution < 1.29 is 9.53 Å². The van der Waals surface area contributed by atoms with Crippen LogP contribution >= 0.6 is 22.7 Å². The number of ether oxygens (including phenoxy) is 1. The number of thiazole rings is 1. The summed E-state index contributed by atoms with van der Waals surface area (Å²) in [6.07, 6.45) is 0. The van der Waals surface area contributed by atoms with E-state index in [1.165, 1.54) is 22.7 Å². The smallest absolute Gasteiger partial charge is 0.267 e. The summed E-state index contributed by atoms with van der Waals surface area (Å²) in [4.78, 5) is 17.0. The Labute approximate surface area is 117 Å². The molecule has 0 saturated heterocycles. The molecule has 0 radical (unpaired) electrons. The molecule has 1 aromatic carbocycles. The molecule has 0 bridgehead atoms. The van der Waals surface area contributed by atoms with E-state index in [-0.39, 0.29) is 5.91 Å². The predicted molar refractivity (Wildman–Crippen MR) is 78.4 cm³/mol. The topological polar surface area (TPSA) is 51.2 Å². The Bertz CT molecular complexity index is 719. The zero-order valence-corrected chi connectivity index (χ0v) is 11.7. The minimum atomic E-state index is -0.131. The van der Waals surface area contributed by atoms with E-state index in [1.807, 2.05) is 29.6 Å². The summed E-state index contributed by atoms with van der Waals surface area (Å²) >= 11 is 2.84. The summed E-state index contributed by atoms with van der Waals surface area (Å²) in [7, 11) is 1.61. The SMILES string of the molecule is COc1cccc2sc(NC(=O)c3cccs3)nc12. The molecule has 1 N–H and O–H groups in total. The average molecular weight is 290 g/mol. The lowest BCUT2D eigenvalue weighted by molar-refractivity contribution is 0.103. The summed E-state index contributed by atoms with van der Waals surface area (Å²) in [5.74, 6) is 0.582. The molecule has 0 spiro atoms. The summed E-state index contributed by atoms with van der Waals surface area (Å²) in [5.41, 5.74) is 0.775. The molecule has 0 aliphatic heterocycles. The van der Waals surface area contributed by atoms with Gasteiger partial charge in [-0.2, -0.15) is 0 Å². The Hall–Kier alpha value is -1.92. The third kappa shape index (κ3) is 2.32. The van der Waals surface area contributed by atoms with Crippen molar-refractivity contribution in [1.29, 1.82) is 0 Å². The monoisotopic (exact) mass is 290 g/mol. The molecular weight excluding hydrogens is 280 g/mol. The lowest BCUT2D eigenvalue weighted by Crippen LogP contribution is -2.09. The number of rotatable bonds is 3. The molecule has 0 aliphatic rings. The van der Waals surface area contributed by atoms with Crippen LogP contribution in [0.4, 0.5) is 5.13 Å². The maximum Gasteiger partial charge on any atom is 0.267 e. The molecule has 3 rings (SSSR count). The summed E-state index contributed by atoms with van der Waals surface area (Å²) in [5, 5.41) is 5.26. The van der Waals surface area contributed by atoms with Crippen molar-refractivity contribution in [3.8, 4) is 5.75 Å². The maximum atomic E-state index is 11.9. The van der Waals surface area contributed by atoms with E-state index in [4.69, 9.17) is 4.74 Å². The van der Waals surface area contributed by atoms with Crippen LogP contribution in [0.3, 0.4) is 0 Å². The molecular formula is C13H10N2O2S2. The van der Waals surface area contributed by atoms with Crippen molar-refractivity contribution in [2.45, 2.75) is 0 Å². The van der Waals surface area contributed by atoms with Gasteiger partial charge in [-0.05, 0) is 23.6 Å². The van der Waals surface area contributed by atoms with Crippen LogP contribution in [0, 0.1) is 0 Å². The molecule has 96 valence electrons. The van der Waals surface area contributed by atoms with Gasteiger partial charge in [0.15, 0.2) is 5.13 Å². The van der Waals surface area contributed by atoms with Gasteiger partial charge in [-0.15, -0.1) is 11.3 Å². The molecule has 3 aromatic rings. The van der Waals surface area contributed by atoms with E-state index in [2.05, 4.69) is 10.3 Å². The van der Waals surface area contributed by atoms with Gasteiger partial charge in [-0.25, -0.2) is 4.98 Å². The number of hydrogen-bond donors (Lipinski definition) is 1. The molecule has 6 heteroatoms. The van der Waals surface area contributed by atoms with Gasteiger partial charge in [0.2, 0.25) is 0 Å². The molecule has 1 amide bonds. The third-order valence-corrected chi connectivity index (χ3v) is 4.37. The number of nitrogens with zero attached hydrogens (tertiary/aromatic N) is 1. The van der Waals surface area contributed by atoms with Gasteiger partial charge in [0.05, 0.1) is 16.7 Å². The van der Waals surface area contributed by atoms with Crippen molar-refractivity contribution >= 4 is 43.9 Å². The van der Waals surface area contributed by atoms with Gasteiger partial charge in [-0.3, -0.25) is 10.1 Å². The third-order valence-electron chi connectivity index (χ3n) is 2.57. The number of hydrogen-bond acceptors (Lipinski definition) is 5. The molecule has 0 aliphatic carbocycles. The van der Waals surface area contributed by atoms with E-state index in [9.17, 15) is 4.79 Å². The van der Waals surface area contributed by atoms with Crippen molar-refractivity contribution in [3.63, 3.8) is 0 Å². The molecule has 0 fully saturated rings. The Morgan fingerprint density at radius 1 is 1.32 bits per heavy atom. The lowest BCUT2D eigenvalue weighted by atomic mass is 10.3. The van der Waals surface area contributed by atoms with E-state index in [0.29, 0.717) is 15.8 Å². The second-order valence-electron chi connectivity index (χ2n) is 3.76. The van der Waals surface area contributed by atoms with Crippen molar-refractivity contribution in [1.82, 2.24) is 4.98 Å². The Kier molecular flexibility index (Phi) is 3.18. The summed E-state index contributed by atoms with van der Waals surface area (Å²) in [6, 6.07) is 9.35. The van der Waals surface area contributed by atoms with Crippen LogP contribution in [-0.4, -0.2) is 18.0 Å². The van der Waals surface area contributed by atoms with Crippen LogP contribution in [0.5, 0.6) is 5.75 Å². The number of amides is 1. The first-order valence-electron chi connectivity index (χ1n) is 5.56. The largest absolute Gasteiger partial charge is 0.494 e. The van der Waals surface area contributed by atoms with Gasteiger partial charge in [0.25, 0.3) is 5.91 Å². The second kappa shape index (κ2) is 4.99. The number of methoxy groups -OCH3 is 1. The minimum Gasteiger partial charge on any atom is -0.494 e. The quantitative estimate of drug-likeness (QED) is 0.801. The number of carbonyl (C=O) groups is 1. The highest BCUT2D eigenvalue weighted by molar-refractivity contribution is 7.22. The predicted octanol–water partition coefficient (Wildman–Crippen LogP) is 3.62. The maximum absolute atomic E-state index is 11.9. The van der Waals surface area contributed by atoms with E-state index < -0.39 is 0 Å². The van der Waals surface area contributed by atoms with Crippen LogP contribution in [-0.2, 0) is 0 Å². The number of para-hydroxylation sites is 1. The number of benzene rings is 1. The number of nitrogens with one attached hydrogen (secondary N) is 1. The molecule has 2 heterocycles. The molecule has 0 saturated carbocycles. The Morgan fingerprint density at radius 2 is 2.21 bits per heavy atom. The number of aromatic nitrogens is 1. The first kappa shape index (κ1) is 12.1. The Morgan fingerprint density at radius 3 is 2.95 bits per heavy atom.